The molecule has 0 fully saturated rings. The summed E-state index contributed by atoms with van der Waals surface area (Å²) in [6, 6.07) is 1.94. The lowest BCUT2D eigenvalue weighted by Gasteiger charge is -2.04. The number of nitrogens with zero attached hydrogens (tertiary/aromatic N) is 1. The zero-order valence-electron chi connectivity index (χ0n) is 7.50. The summed E-state index contributed by atoms with van der Waals surface area (Å²) in [5, 5.41) is 0.969. The van der Waals surface area contributed by atoms with Crippen LogP contribution >= 0.6 is 11.8 Å². The first-order chi connectivity index (χ1) is 5.75. The number of pyridine rings is 1. The Bertz CT molecular complexity index is 261. The molecule has 0 saturated carbocycles. The average Bonchev–Trinajstić information content (AvgIpc) is 2.08. The molecular formula is C9H14N2S. The summed E-state index contributed by atoms with van der Waals surface area (Å²) in [4.78, 5) is 4.21. The second-order valence-corrected chi connectivity index (χ2v) is 3.78. The molecule has 0 radical (unpaired) electrons. The minimum atomic E-state index is 0.830. The number of thioether (sulfide) groups is 1. The smallest absolute Gasteiger partial charge is 0.119 e. The molecule has 0 aliphatic rings. The quantitative estimate of drug-likeness (QED) is 0.730. The highest BCUT2D eigenvalue weighted by Crippen LogP contribution is 2.24. The molecule has 0 bridgehead atoms. The van der Waals surface area contributed by atoms with Gasteiger partial charge in [-0.2, -0.15) is 0 Å². The summed E-state index contributed by atoms with van der Waals surface area (Å²) < 4.78 is 0. The summed E-state index contributed by atoms with van der Waals surface area (Å²) in [5.74, 6) is 1.08. The predicted molar refractivity (Wildman–Crippen MR) is 54.4 cm³/mol. The first-order valence-corrected chi connectivity index (χ1v) is 5.08. The van der Waals surface area contributed by atoms with E-state index in [0.29, 0.717) is 0 Å². The van der Waals surface area contributed by atoms with Crippen LogP contribution < -0.4 is 5.73 Å². The number of nitrogen functional groups attached to an aromatic ring is 1. The zero-order chi connectivity index (χ0) is 8.97. The summed E-state index contributed by atoms with van der Waals surface area (Å²) in [6.45, 7) is 4.16. The number of hydrogen-bond acceptors (Lipinski definition) is 3. The third kappa shape index (κ3) is 2.14. The van der Waals surface area contributed by atoms with Crippen molar-refractivity contribution < 1.29 is 0 Å². The average molecular weight is 182 g/mol. The lowest BCUT2D eigenvalue weighted by atomic mass is 10.3. The molecular weight excluding hydrogens is 168 g/mol. The SMILES string of the molecule is CCCSc1nccc(C)c1N. The van der Waals surface area contributed by atoms with Crippen LogP contribution in [0.2, 0.25) is 0 Å². The standard InChI is InChI=1S/C9H14N2S/c1-3-6-12-9-8(10)7(2)4-5-11-9/h4-5H,3,6,10H2,1-2H3. The van der Waals surface area contributed by atoms with Gasteiger partial charge in [-0.3, -0.25) is 0 Å². The fraction of sp³-hybridized carbons (Fsp3) is 0.444. The Balaban J connectivity index is 2.78. The molecule has 0 atom stereocenters. The van der Waals surface area contributed by atoms with Gasteiger partial charge < -0.3 is 5.73 Å². The van der Waals surface area contributed by atoms with Crippen LogP contribution in [0, 0.1) is 6.92 Å². The third-order valence-corrected chi connectivity index (χ3v) is 2.83. The van der Waals surface area contributed by atoms with E-state index in [1.54, 1.807) is 11.8 Å². The maximum Gasteiger partial charge on any atom is 0.119 e. The molecule has 3 heteroatoms. The number of aromatic nitrogens is 1. The Kier molecular flexibility index (Phi) is 3.41. The van der Waals surface area contributed by atoms with Gasteiger partial charge in [0.15, 0.2) is 0 Å². The molecule has 12 heavy (non-hydrogen) atoms. The summed E-state index contributed by atoms with van der Waals surface area (Å²) in [5.41, 5.74) is 7.78. The van der Waals surface area contributed by atoms with Crippen molar-refractivity contribution in [2.24, 2.45) is 0 Å². The van der Waals surface area contributed by atoms with E-state index in [9.17, 15) is 0 Å². The molecule has 1 aromatic heterocycles. The van der Waals surface area contributed by atoms with Gasteiger partial charge in [-0.1, -0.05) is 6.92 Å². The Morgan fingerprint density at radius 2 is 2.33 bits per heavy atom. The van der Waals surface area contributed by atoms with E-state index in [-0.39, 0.29) is 0 Å². The van der Waals surface area contributed by atoms with Gasteiger partial charge in [0.05, 0.1) is 5.69 Å². The van der Waals surface area contributed by atoms with E-state index >= 15 is 0 Å². The van der Waals surface area contributed by atoms with E-state index in [2.05, 4.69) is 11.9 Å². The minimum Gasteiger partial charge on any atom is -0.396 e. The maximum absolute atomic E-state index is 5.84. The molecule has 0 saturated heterocycles. The highest BCUT2D eigenvalue weighted by atomic mass is 32.2. The third-order valence-electron chi connectivity index (χ3n) is 1.61. The largest absolute Gasteiger partial charge is 0.396 e. The Labute approximate surface area is 77.6 Å². The van der Waals surface area contributed by atoms with Crippen LogP contribution in [0.4, 0.5) is 5.69 Å². The maximum atomic E-state index is 5.84. The van der Waals surface area contributed by atoms with E-state index in [0.717, 1.165) is 28.5 Å². The second kappa shape index (κ2) is 4.36. The monoisotopic (exact) mass is 182 g/mol. The number of rotatable bonds is 3. The van der Waals surface area contributed by atoms with Gasteiger partial charge >= 0.3 is 0 Å². The molecule has 0 unspecified atom stereocenters. The van der Waals surface area contributed by atoms with Gasteiger partial charge in [0.25, 0.3) is 0 Å². The molecule has 0 aliphatic carbocycles. The van der Waals surface area contributed by atoms with Crippen molar-refractivity contribution in [3.8, 4) is 0 Å². The van der Waals surface area contributed by atoms with Crippen LogP contribution in [-0.4, -0.2) is 10.7 Å². The fourth-order valence-corrected chi connectivity index (χ4v) is 1.71. The Morgan fingerprint density at radius 3 is 3.00 bits per heavy atom. The number of aryl methyl sites for hydroxylation is 1. The van der Waals surface area contributed by atoms with Crippen molar-refractivity contribution in [2.45, 2.75) is 25.3 Å². The van der Waals surface area contributed by atoms with Crippen molar-refractivity contribution in [3.05, 3.63) is 17.8 Å². The van der Waals surface area contributed by atoms with Gasteiger partial charge in [0.2, 0.25) is 0 Å². The van der Waals surface area contributed by atoms with Crippen molar-refractivity contribution in [3.63, 3.8) is 0 Å². The van der Waals surface area contributed by atoms with Crippen molar-refractivity contribution in [2.75, 3.05) is 11.5 Å². The molecule has 0 aromatic carbocycles. The van der Waals surface area contributed by atoms with Gasteiger partial charge in [-0.05, 0) is 30.7 Å². The first kappa shape index (κ1) is 9.39. The van der Waals surface area contributed by atoms with Gasteiger partial charge in [0, 0.05) is 6.20 Å². The van der Waals surface area contributed by atoms with Gasteiger partial charge in [-0.25, -0.2) is 4.98 Å². The second-order valence-electron chi connectivity index (χ2n) is 2.70. The van der Waals surface area contributed by atoms with E-state index in [1.807, 2.05) is 19.2 Å². The lowest BCUT2D eigenvalue weighted by Crippen LogP contribution is -1.95. The van der Waals surface area contributed by atoms with Gasteiger partial charge in [0.1, 0.15) is 5.03 Å². The molecule has 66 valence electrons. The molecule has 0 spiro atoms. The lowest BCUT2D eigenvalue weighted by molar-refractivity contribution is 1.08. The van der Waals surface area contributed by atoms with Crippen molar-refractivity contribution in [1.29, 1.82) is 0 Å². The van der Waals surface area contributed by atoms with E-state index < -0.39 is 0 Å². The molecule has 1 heterocycles. The summed E-state index contributed by atoms with van der Waals surface area (Å²) in [7, 11) is 0. The number of nitrogens with two attached hydrogens (primary N) is 1. The minimum absolute atomic E-state index is 0.830. The van der Waals surface area contributed by atoms with Crippen molar-refractivity contribution in [1.82, 2.24) is 4.98 Å². The highest BCUT2D eigenvalue weighted by Gasteiger charge is 2.01. The summed E-state index contributed by atoms with van der Waals surface area (Å²) in [6.07, 6.45) is 2.96. The van der Waals surface area contributed by atoms with Crippen LogP contribution in [-0.2, 0) is 0 Å². The molecule has 1 aromatic rings. The van der Waals surface area contributed by atoms with Crippen LogP contribution in [0.1, 0.15) is 18.9 Å². The van der Waals surface area contributed by atoms with E-state index in [4.69, 9.17) is 5.73 Å². The molecule has 2 N–H and O–H groups in total. The number of hydrogen-bond donors (Lipinski definition) is 1. The van der Waals surface area contributed by atoms with Crippen LogP contribution in [0.15, 0.2) is 17.3 Å². The molecule has 0 aliphatic heterocycles. The highest BCUT2D eigenvalue weighted by molar-refractivity contribution is 7.99. The van der Waals surface area contributed by atoms with Gasteiger partial charge in [-0.15, -0.1) is 11.8 Å². The number of anilines is 1. The van der Waals surface area contributed by atoms with Crippen LogP contribution in [0.5, 0.6) is 0 Å². The Morgan fingerprint density at radius 1 is 1.58 bits per heavy atom. The molecule has 2 nitrogen and oxygen atoms in total. The van der Waals surface area contributed by atoms with E-state index in [1.165, 1.54) is 0 Å². The fourth-order valence-electron chi connectivity index (χ4n) is 0.859. The topological polar surface area (TPSA) is 38.9 Å². The molecule has 0 amide bonds. The van der Waals surface area contributed by atoms with Crippen molar-refractivity contribution >= 4 is 17.4 Å². The zero-order valence-corrected chi connectivity index (χ0v) is 8.32. The molecule has 1 rings (SSSR count). The first-order valence-electron chi connectivity index (χ1n) is 4.09. The predicted octanol–water partition coefficient (Wildman–Crippen LogP) is 2.47. The Hall–Kier alpha value is -0.700. The van der Waals surface area contributed by atoms with Crippen LogP contribution in [0.3, 0.4) is 0 Å². The summed E-state index contributed by atoms with van der Waals surface area (Å²) >= 11 is 1.73. The van der Waals surface area contributed by atoms with Crippen LogP contribution in [0.25, 0.3) is 0 Å². The normalized spacial score (nSPS) is 10.2.